The van der Waals surface area contributed by atoms with Gasteiger partial charge < -0.3 is 9.52 Å². The highest BCUT2D eigenvalue weighted by molar-refractivity contribution is 7.99. The molecule has 0 bridgehead atoms. The van der Waals surface area contributed by atoms with E-state index in [2.05, 4.69) is 0 Å². The van der Waals surface area contributed by atoms with Gasteiger partial charge in [0, 0.05) is 14.9 Å². The van der Waals surface area contributed by atoms with E-state index in [9.17, 15) is 4.79 Å². The first-order valence-electron chi connectivity index (χ1n) is 4.51. The number of hydrogen-bond donors (Lipinski definition) is 1. The van der Waals surface area contributed by atoms with Crippen LogP contribution < -0.4 is 0 Å². The maximum absolute atomic E-state index is 10.6. The molecule has 0 saturated heterocycles. The fraction of sp³-hybridized carbons (Fsp3) is 0. The molecule has 0 aliphatic heterocycles. The largest absolute Gasteiger partial charge is 0.475 e. The molecule has 0 saturated carbocycles. The fourth-order valence-corrected chi connectivity index (χ4v) is 2.72. The van der Waals surface area contributed by atoms with E-state index in [1.165, 1.54) is 17.8 Å². The van der Waals surface area contributed by atoms with Crippen molar-refractivity contribution in [2.75, 3.05) is 0 Å². The molecule has 3 nitrogen and oxygen atoms in total. The summed E-state index contributed by atoms with van der Waals surface area (Å²) < 4.78 is 5.11. The number of carboxylic acids is 1. The van der Waals surface area contributed by atoms with Gasteiger partial charge in [0.2, 0.25) is 5.76 Å². The van der Waals surface area contributed by atoms with Crippen molar-refractivity contribution in [2.24, 2.45) is 0 Å². The standard InChI is InChI=1S/C11H6Cl2O3S/c12-6-3-7(13)5-8(4-6)17-10-2-1-9(16-10)11(14)15/h1-5H,(H,14,15). The van der Waals surface area contributed by atoms with Crippen molar-refractivity contribution in [2.45, 2.75) is 9.99 Å². The van der Waals surface area contributed by atoms with E-state index in [1.54, 1.807) is 24.3 Å². The minimum atomic E-state index is -1.10. The zero-order valence-corrected chi connectivity index (χ0v) is 10.6. The first kappa shape index (κ1) is 12.4. The molecule has 1 N–H and O–H groups in total. The van der Waals surface area contributed by atoms with Gasteiger partial charge in [0.15, 0.2) is 5.09 Å². The highest BCUT2D eigenvalue weighted by Gasteiger charge is 2.10. The third-order valence-electron chi connectivity index (χ3n) is 1.85. The summed E-state index contributed by atoms with van der Waals surface area (Å²) in [5, 5.41) is 10.2. The molecule has 0 atom stereocenters. The number of carboxylic acid groups (broad SMARTS) is 1. The lowest BCUT2D eigenvalue weighted by molar-refractivity contribution is 0.0656. The molecule has 1 aromatic heterocycles. The van der Waals surface area contributed by atoms with E-state index < -0.39 is 5.97 Å². The second-order valence-electron chi connectivity index (χ2n) is 3.13. The molecule has 1 heterocycles. The van der Waals surface area contributed by atoms with Crippen LogP contribution in [0.3, 0.4) is 0 Å². The topological polar surface area (TPSA) is 50.4 Å². The van der Waals surface area contributed by atoms with Crippen LogP contribution in [0.5, 0.6) is 0 Å². The number of furan rings is 1. The summed E-state index contributed by atoms with van der Waals surface area (Å²) in [5.74, 6) is -1.19. The highest BCUT2D eigenvalue weighted by Crippen LogP contribution is 2.32. The molecule has 0 aliphatic rings. The maximum Gasteiger partial charge on any atom is 0.371 e. The normalized spacial score (nSPS) is 10.5. The molecule has 2 rings (SSSR count). The van der Waals surface area contributed by atoms with Crippen molar-refractivity contribution >= 4 is 40.9 Å². The van der Waals surface area contributed by atoms with Crippen LogP contribution in [0.2, 0.25) is 10.0 Å². The molecule has 0 unspecified atom stereocenters. The summed E-state index contributed by atoms with van der Waals surface area (Å²) in [6, 6.07) is 8.06. The summed E-state index contributed by atoms with van der Waals surface area (Å²) in [5.41, 5.74) is 0. The van der Waals surface area contributed by atoms with Crippen molar-refractivity contribution in [3.05, 3.63) is 46.1 Å². The molecule has 0 amide bonds. The highest BCUT2D eigenvalue weighted by atomic mass is 35.5. The van der Waals surface area contributed by atoms with E-state index in [-0.39, 0.29) is 5.76 Å². The molecule has 2 aromatic rings. The minimum Gasteiger partial charge on any atom is -0.475 e. The Bertz CT molecular complexity index is 545. The Hall–Kier alpha value is -1.10. The molecule has 6 heteroatoms. The second kappa shape index (κ2) is 5.04. The van der Waals surface area contributed by atoms with Gasteiger partial charge in [0.05, 0.1) is 0 Å². The van der Waals surface area contributed by atoms with Gasteiger partial charge in [-0.3, -0.25) is 0 Å². The quantitative estimate of drug-likeness (QED) is 0.907. The number of hydrogen-bond acceptors (Lipinski definition) is 3. The fourth-order valence-electron chi connectivity index (χ4n) is 1.19. The lowest BCUT2D eigenvalue weighted by atomic mass is 10.4. The average Bonchev–Trinajstić information content (AvgIpc) is 2.64. The molecule has 0 aliphatic carbocycles. The SMILES string of the molecule is O=C(O)c1ccc(Sc2cc(Cl)cc(Cl)c2)o1. The summed E-state index contributed by atoms with van der Waals surface area (Å²) in [7, 11) is 0. The Morgan fingerprint density at radius 2 is 1.82 bits per heavy atom. The monoisotopic (exact) mass is 288 g/mol. The van der Waals surface area contributed by atoms with Gasteiger partial charge >= 0.3 is 5.97 Å². The second-order valence-corrected chi connectivity index (χ2v) is 5.08. The first-order chi connectivity index (χ1) is 8.04. The smallest absolute Gasteiger partial charge is 0.371 e. The summed E-state index contributed by atoms with van der Waals surface area (Å²) in [4.78, 5) is 11.4. The zero-order chi connectivity index (χ0) is 12.4. The van der Waals surface area contributed by atoms with Gasteiger partial charge in [-0.2, -0.15) is 0 Å². The predicted molar refractivity (Wildman–Crippen MR) is 66.3 cm³/mol. The Morgan fingerprint density at radius 1 is 1.18 bits per heavy atom. The van der Waals surface area contributed by atoms with Crippen molar-refractivity contribution in [3.63, 3.8) is 0 Å². The van der Waals surface area contributed by atoms with Crippen LogP contribution in [-0.4, -0.2) is 11.1 Å². The molecule has 1 aromatic carbocycles. The van der Waals surface area contributed by atoms with Gasteiger partial charge in [-0.15, -0.1) is 0 Å². The van der Waals surface area contributed by atoms with Crippen molar-refractivity contribution < 1.29 is 14.3 Å². The summed E-state index contributed by atoms with van der Waals surface area (Å²) in [6.07, 6.45) is 0. The molecular weight excluding hydrogens is 283 g/mol. The number of rotatable bonds is 3. The molecular formula is C11H6Cl2O3S. The Balaban J connectivity index is 2.22. The molecule has 0 fully saturated rings. The number of benzene rings is 1. The van der Waals surface area contributed by atoms with Gasteiger partial charge in [0.1, 0.15) is 0 Å². The maximum atomic E-state index is 10.6. The zero-order valence-electron chi connectivity index (χ0n) is 8.31. The first-order valence-corrected chi connectivity index (χ1v) is 6.09. The number of aromatic carboxylic acids is 1. The van der Waals surface area contributed by atoms with Crippen LogP contribution in [0.15, 0.2) is 44.7 Å². The molecule has 0 radical (unpaired) electrons. The molecule has 88 valence electrons. The van der Waals surface area contributed by atoms with Crippen LogP contribution in [0.1, 0.15) is 10.6 Å². The lowest BCUT2D eigenvalue weighted by Crippen LogP contribution is -1.91. The van der Waals surface area contributed by atoms with Crippen molar-refractivity contribution in [1.82, 2.24) is 0 Å². The van der Waals surface area contributed by atoms with E-state index >= 15 is 0 Å². The third kappa shape index (κ3) is 3.19. The average molecular weight is 289 g/mol. The van der Waals surface area contributed by atoms with Crippen LogP contribution >= 0.6 is 35.0 Å². The number of carbonyl (C=O) groups is 1. The summed E-state index contributed by atoms with van der Waals surface area (Å²) >= 11 is 13.0. The summed E-state index contributed by atoms with van der Waals surface area (Å²) in [6.45, 7) is 0. The van der Waals surface area contributed by atoms with Gasteiger partial charge in [0.25, 0.3) is 0 Å². The van der Waals surface area contributed by atoms with Gasteiger partial charge in [-0.05, 0) is 30.3 Å². The van der Waals surface area contributed by atoms with Gasteiger partial charge in [-0.1, -0.05) is 35.0 Å². The van der Waals surface area contributed by atoms with Crippen LogP contribution in [0.4, 0.5) is 0 Å². The van der Waals surface area contributed by atoms with Crippen LogP contribution in [0, 0.1) is 0 Å². The molecule has 17 heavy (non-hydrogen) atoms. The third-order valence-corrected chi connectivity index (χ3v) is 3.18. The van der Waals surface area contributed by atoms with E-state index in [1.807, 2.05) is 0 Å². The van der Waals surface area contributed by atoms with Gasteiger partial charge in [-0.25, -0.2) is 4.79 Å². The molecule has 0 spiro atoms. The Kier molecular flexibility index (Phi) is 3.66. The van der Waals surface area contributed by atoms with Crippen LogP contribution in [0.25, 0.3) is 0 Å². The van der Waals surface area contributed by atoms with Crippen molar-refractivity contribution in [1.29, 1.82) is 0 Å². The van der Waals surface area contributed by atoms with E-state index in [0.29, 0.717) is 15.1 Å². The number of halogens is 2. The Labute approximate surface area is 111 Å². The van der Waals surface area contributed by atoms with Crippen LogP contribution in [-0.2, 0) is 0 Å². The minimum absolute atomic E-state index is 0.0966. The van der Waals surface area contributed by atoms with E-state index in [0.717, 1.165) is 4.90 Å². The van der Waals surface area contributed by atoms with Crippen molar-refractivity contribution in [3.8, 4) is 0 Å². The Morgan fingerprint density at radius 3 is 2.35 bits per heavy atom. The predicted octanol–water partition coefficient (Wildman–Crippen LogP) is 4.44. The van der Waals surface area contributed by atoms with E-state index in [4.69, 9.17) is 32.7 Å². The lowest BCUT2D eigenvalue weighted by Gasteiger charge is -2.00.